The molecule has 1 aromatic heterocycles. The molecule has 0 spiro atoms. The highest BCUT2D eigenvalue weighted by atomic mass is 32.1. The Hall–Kier alpha value is -1.32. The average Bonchev–Trinajstić information content (AvgIpc) is 2.38. The number of aliphatic imine (C=N–C) groups is 1. The predicted molar refractivity (Wildman–Crippen MR) is 34.6 cm³/mol. The van der Waals surface area contributed by atoms with Crippen LogP contribution in [0, 0.1) is 0 Å². The molecule has 10 heavy (non-hydrogen) atoms. The summed E-state index contributed by atoms with van der Waals surface area (Å²) in [5, 5.41) is 1.52. The Kier molecular flexibility index (Phi) is 2.04. The van der Waals surface area contributed by atoms with Crippen molar-refractivity contribution >= 4 is 23.3 Å². The summed E-state index contributed by atoms with van der Waals surface area (Å²) in [6.07, 6.45) is 1.15. The van der Waals surface area contributed by atoms with E-state index in [-0.39, 0.29) is 5.69 Å². The molecule has 0 fully saturated rings. The minimum Gasteiger partial charge on any atom is -0.264 e. The van der Waals surface area contributed by atoms with Crippen molar-refractivity contribution in [2.75, 3.05) is 0 Å². The number of rotatable bonds is 1. The van der Waals surface area contributed by atoms with Crippen LogP contribution in [0.4, 0.5) is 0 Å². The van der Waals surface area contributed by atoms with E-state index in [1.807, 2.05) is 0 Å². The zero-order valence-electron chi connectivity index (χ0n) is 4.77. The smallest absolute Gasteiger partial charge is 0.264 e. The number of hydrogen-bond acceptors (Lipinski definition) is 4. The summed E-state index contributed by atoms with van der Waals surface area (Å²) >= 11 is 1.27. The van der Waals surface area contributed by atoms with E-state index < -0.39 is 5.91 Å². The van der Waals surface area contributed by atoms with Gasteiger partial charge >= 0.3 is 5.91 Å². The quantitative estimate of drug-likeness (QED) is 0.440. The van der Waals surface area contributed by atoms with Gasteiger partial charge in [-0.2, -0.15) is 0 Å². The van der Waals surface area contributed by atoms with E-state index in [0.29, 0.717) is 0 Å². The maximum absolute atomic E-state index is 10.6. The van der Waals surface area contributed by atoms with Gasteiger partial charge in [0.2, 0.25) is 6.08 Å². The van der Waals surface area contributed by atoms with Crippen LogP contribution >= 0.6 is 11.3 Å². The summed E-state index contributed by atoms with van der Waals surface area (Å²) in [6, 6.07) is 0. The van der Waals surface area contributed by atoms with Crippen LogP contribution in [0.5, 0.6) is 0 Å². The standard InChI is InChI=1S/C5H2N2O2S/c8-2-6-5(9)4-1-10-3-7-4/h1,3H. The lowest BCUT2D eigenvalue weighted by Crippen LogP contribution is -1.92. The third-order valence-electron chi connectivity index (χ3n) is 0.799. The minimum absolute atomic E-state index is 0.188. The number of isocyanates is 1. The normalized spacial score (nSPS) is 8.40. The van der Waals surface area contributed by atoms with Crippen molar-refractivity contribution in [3.63, 3.8) is 0 Å². The summed E-state index contributed by atoms with van der Waals surface area (Å²) < 4.78 is 0. The first-order valence-corrected chi connectivity index (χ1v) is 3.29. The molecule has 0 atom stereocenters. The van der Waals surface area contributed by atoms with Gasteiger partial charge in [-0.3, -0.25) is 4.79 Å². The van der Waals surface area contributed by atoms with Crippen LogP contribution in [-0.2, 0) is 4.79 Å². The third kappa shape index (κ3) is 1.34. The molecule has 4 nitrogen and oxygen atoms in total. The molecule has 0 saturated heterocycles. The maximum atomic E-state index is 10.6. The minimum atomic E-state index is -0.642. The molecule has 50 valence electrons. The second-order valence-corrected chi connectivity index (χ2v) is 2.10. The van der Waals surface area contributed by atoms with Crippen LogP contribution in [0.25, 0.3) is 0 Å². The van der Waals surface area contributed by atoms with Crippen molar-refractivity contribution in [1.29, 1.82) is 0 Å². The van der Waals surface area contributed by atoms with Crippen molar-refractivity contribution in [3.05, 3.63) is 16.6 Å². The lowest BCUT2D eigenvalue weighted by Gasteiger charge is -1.78. The molecule has 1 heterocycles. The van der Waals surface area contributed by atoms with Crippen LogP contribution in [-0.4, -0.2) is 17.0 Å². The number of hydrogen-bond donors (Lipinski definition) is 0. The molecule has 0 aliphatic rings. The van der Waals surface area contributed by atoms with E-state index in [4.69, 9.17) is 0 Å². The largest absolute Gasteiger partial charge is 0.307 e. The SMILES string of the molecule is O=C=NC(=O)c1cscn1. The molecule has 0 N–H and O–H groups in total. The molecule has 0 aromatic carbocycles. The second-order valence-electron chi connectivity index (χ2n) is 1.38. The highest BCUT2D eigenvalue weighted by Gasteiger charge is 2.03. The Bertz CT molecular complexity index is 274. The molecule has 1 rings (SSSR count). The van der Waals surface area contributed by atoms with Gasteiger partial charge in [0.15, 0.2) is 0 Å². The lowest BCUT2D eigenvalue weighted by molar-refractivity contribution is 0.0999. The third-order valence-corrected chi connectivity index (χ3v) is 1.39. The number of aromatic nitrogens is 1. The van der Waals surface area contributed by atoms with Gasteiger partial charge in [0.25, 0.3) is 0 Å². The second kappa shape index (κ2) is 3.00. The summed E-state index contributed by atoms with van der Waals surface area (Å²) in [5.41, 5.74) is 1.68. The molecule has 1 aromatic rings. The van der Waals surface area contributed by atoms with Gasteiger partial charge in [-0.15, -0.1) is 16.3 Å². The molecule has 0 saturated carbocycles. The van der Waals surface area contributed by atoms with Crippen LogP contribution in [0.2, 0.25) is 0 Å². The summed E-state index contributed by atoms with van der Waals surface area (Å²) in [5.74, 6) is -0.642. The number of amides is 1. The Morgan fingerprint density at radius 2 is 2.60 bits per heavy atom. The number of carbonyl (C=O) groups is 1. The molecule has 0 radical (unpaired) electrons. The fourth-order valence-corrected chi connectivity index (χ4v) is 0.943. The molecule has 0 aliphatic carbocycles. The molecular formula is C5H2N2O2S. The van der Waals surface area contributed by atoms with Gasteiger partial charge in [-0.25, -0.2) is 9.78 Å². The van der Waals surface area contributed by atoms with Crippen LogP contribution in [0.3, 0.4) is 0 Å². The first-order chi connectivity index (χ1) is 4.84. The molecule has 5 heteroatoms. The van der Waals surface area contributed by atoms with Crippen molar-refractivity contribution in [2.45, 2.75) is 0 Å². The van der Waals surface area contributed by atoms with Crippen LogP contribution < -0.4 is 0 Å². The van der Waals surface area contributed by atoms with E-state index in [0.717, 1.165) is 6.08 Å². The molecular weight excluding hydrogens is 152 g/mol. The van der Waals surface area contributed by atoms with Crippen LogP contribution in [0.1, 0.15) is 10.5 Å². The van der Waals surface area contributed by atoms with Crippen LogP contribution in [0.15, 0.2) is 15.9 Å². The van der Waals surface area contributed by atoms with E-state index in [2.05, 4.69) is 9.98 Å². The van der Waals surface area contributed by atoms with Gasteiger partial charge in [0, 0.05) is 5.38 Å². The average molecular weight is 154 g/mol. The number of thiazole rings is 1. The molecule has 0 bridgehead atoms. The predicted octanol–water partition coefficient (Wildman–Crippen LogP) is 0.619. The van der Waals surface area contributed by atoms with Crippen molar-refractivity contribution < 1.29 is 9.59 Å². The summed E-state index contributed by atoms with van der Waals surface area (Å²) in [4.78, 5) is 26.7. The number of nitrogens with zero attached hydrogens (tertiary/aromatic N) is 2. The topological polar surface area (TPSA) is 59.4 Å². The molecule has 0 unspecified atom stereocenters. The van der Waals surface area contributed by atoms with Gasteiger partial charge in [-0.1, -0.05) is 0 Å². The monoisotopic (exact) mass is 154 g/mol. The van der Waals surface area contributed by atoms with E-state index in [1.165, 1.54) is 22.2 Å². The maximum Gasteiger partial charge on any atom is 0.307 e. The number of carbonyl (C=O) groups excluding carboxylic acids is 2. The zero-order chi connectivity index (χ0) is 7.40. The lowest BCUT2D eigenvalue weighted by atomic mass is 10.5. The highest BCUT2D eigenvalue weighted by Crippen LogP contribution is 2.01. The highest BCUT2D eigenvalue weighted by molar-refractivity contribution is 7.07. The molecule has 1 amide bonds. The Morgan fingerprint density at radius 3 is 3.10 bits per heavy atom. The Balaban J connectivity index is 2.87. The van der Waals surface area contributed by atoms with Crippen molar-refractivity contribution in [2.24, 2.45) is 4.99 Å². The Morgan fingerprint density at radius 1 is 1.80 bits per heavy atom. The fraction of sp³-hybridized carbons (Fsp3) is 0. The fourth-order valence-electron chi connectivity index (χ4n) is 0.417. The zero-order valence-corrected chi connectivity index (χ0v) is 5.59. The van der Waals surface area contributed by atoms with Gasteiger partial charge < -0.3 is 0 Å². The molecule has 0 aliphatic heterocycles. The van der Waals surface area contributed by atoms with Crippen molar-refractivity contribution in [1.82, 2.24) is 4.98 Å². The van der Waals surface area contributed by atoms with Gasteiger partial charge in [-0.05, 0) is 0 Å². The van der Waals surface area contributed by atoms with E-state index in [1.54, 1.807) is 0 Å². The first kappa shape index (κ1) is 6.80. The first-order valence-electron chi connectivity index (χ1n) is 2.35. The Labute approximate surface area is 60.2 Å². The van der Waals surface area contributed by atoms with E-state index in [9.17, 15) is 9.59 Å². The summed E-state index contributed by atoms with van der Waals surface area (Å²) in [6.45, 7) is 0. The van der Waals surface area contributed by atoms with E-state index >= 15 is 0 Å². The van der Waals surface area contributed by atoms with Crippen molar-refractivity contribution in [3.8, 4) is 0 Å². The van der Waals surface area contributed by atoms with Gasteiger partial charge in [0.1, 0.15) is 5.69 Å². The van der Waals surface area contributed by atoms with Gasteiger partial charge in [0.05, 0.1) is 5.51 Å². The summed E-state index contributed by atoms with van der Waals surface area (Å²) in [7, 11) is 0.